The molecule has 4 aromatic rings. The van der Waals surface area contributed by atoms with Crippen LogP contribution in [0.15, 0.2) is 55.1 Å². The number of H-pyrrole nitrogens is 1. The summed E-state index contributed by atoms with van der Waals surface area (Å²) in [4.78, 5) is 18.7. The van der Waals surface area contributed by atoms with Gasteiger partial charge in [-0.15, -0.1) is 0 Å². The highest BCUT2D eigenvalue weighted by Crippen LogP contribution is 2.28. The van der Waals surface area contributed by atoms with E-state index in [2.05, 4.69) is 60.5 Å². The third-order valence-electron chi connectivity index (χ3n) is 5.16. The fourth-order valence-electron chi connectivity index (χ4n) is 3.81. The topological polar surface area (TPSA) is 79.0 Å². The molecule has 3 aromatic heterocycles. The van der Waals surface area contributed by atoms with Gasteiger partial charge in [-0.1, -0.05) is 30.3 Å². The maximum atomic E-state index is 5.98. The summed E-state index contributed by atoms with van der Waals surface area (Å²) in [6.45, 7) is 4.26. The van der Waals surface area contributed by atoms with Crippen molar-refractivity contribution in [2.75, 3.05) is 31.6 Å². The van der Waals surface area contributed by atoms with Crippen molar-refractivity contribution in [3.63, 3.8) is 0 Å². The molecule has 5 rings (SSSR count). The van der Waals surface area contributed by atoms with Crippen LogP contribution in [0, 0.1) is 0 Å². The third-order valence-corrected chi connectivity index (χ3v) is 5.16. The van der Waals surface area contributed by atoms with E-state index in [1.807, 2.05) is 12.3 Å². The van der Waals surface area contributed by atoms with Gasteiger partial charge < -0.3 is 15.0 Å². The fraction of sp³-hybridized carbons (Fsp3) is 0.286. The summed E-state index contributed by atoms with van der Waals surface area (Å²) in [6.07, 6.45) is 5.30. The molecule has 142 valence electrons. The van der Waals surface area contributed by atoms with Crippen LogP contribution in [0.3, 0.4) is 0 Å². The normalized spacial score (nSPS) is 17.9. The minimum absolute atomic E-state index is 0.120. The molecule has 1 aromatic carbocycles. The second-order valence-electron chi connectivity index (χ2n) is 7.09. The monoisotopic (exact) mass is 374 g/mol. The number of nitrogens with zero attached hydrogens (tertiary/aromatic N) is 4. The van der Waals surface area contributed by atoms with Gasteiger partial charge in [-0.3, -0.25) is 9.88 Å². The number of benzene rings is 1. The Kier molecular flexibility index (Phi) is 4.60. The summed E-state index contributed by atoms with van der Waals surface area (Å²) in [6, 6.07) is 12.6. The number of ether oxygens (including phenoxy) is 1. The number of fused-ring (bicyclic) bond motifs is 3. The van der Waals surface area contributed by atoms with Gasteiger partial charge in [0.15, 0.2) is 0 Å². The lowest BCUT2D eigenvalue weighted by molar-refractivity contribution is -0.0240. The molecule has 4 heterocycles. The SMILES string of the molecule is c1ccc(CN2CCOC(CNc3ncnc4[nH]c5cnccc5c34)C2)cc1. The summed E-state index contributed by atoms with van der Waals surface area (Å²) in [5.74, 6) is 0.825. The van der Waals surface area contributed by atoms with E-state index in [0.717, 1.165) is 54.0 Å². The first-order valence-electron chi connectivity index (χ1n) is 9.55. The zero-order valence-electron chi connectivity index (χ0n) is 15.5. The third kappa shape index (κ3) is 3.42. The van der Waals surface area contributed by atoms with Crippen LogP contribution in [0.2, 0.25) is 0 Å². The van der Waals surface area contributed by atoms with Crippen LogP contribution < -0.4 is 5.32 Å². The Labute approximate surface area is 162 Å². The molecule has 28 heavy (non-hydrogen) atoms. The number of hydrogen-bond acceptors (Lipinski definition) is 6. The van der Waals surface area contributed by atoms with Crippen LogP contribution in [-0.4, -0.2) is 57.2 Å². The molecule has 0 radical (unpaired) electrons. The molecule has 0 spiro atoms. The smallest absolute Gasteiger partial charge is 0.143 e. The van der Waals surface area contributed by atoms with Gasteiger partial charge in [-0.25, -0.2) is 9.97 Å². The van der Waals surface area contributed by atoms with E-state index in [4.69, 9.17) is 4.74 Å². The average molecular weight is 374 g/mol. The lowest BCUT2D eigenvalue weighted by Gasteiger charge is -2.33. The van der Waals surface area contributed by atoms with E-state index in [0.29, 0.717) is 6.54 Å². The Bertz CT molecular complexity index is 1080. The lowest BCUT2D eigenvalue weighted by atomic mass is 10.2. The van der Waals surface area contributed by atoms with Crippen LogP contribution in [0.25, 0.3) is 21.9 Å². The second-order valence-corrected chi connectivity index (χ2v) is 7.09. The highest BCUT2D eigenvalue weighted by atomic mass is 16.5. The zero-order chi connectivity index (χ0) is 18.8. The predicted molar refractivity (Wildman–Crippen MR) is 109 cm³/mol. The number of rotatable bonds is 5. The first kappa shape index (κ1) is 17.1. The van der Waals surface area contributed by atoms with E-state index in [9.17, 15) is 0 Å². The average Bonchev–Trinajstić information content (AvgIpc) is 3.12. The number of aromatic nitrogens is 4. The van der Waals surface area contributed by atoms with Gasteiger partial charge in [0.25, 0.3) is 0 Å². The molecule has 1 atom stereocenters. The molecule has 1 unspecified atom stereocenters. The quantitative estimate of drug-likeness (QED) is 0.559. The molecule has 0 saturated carbocycles. The first-order chi connectivity index (χ1) is 13.9. The van der Waals surface area contributed by atoms with Crippen molar-refractivity contribution in [3.8, 4) is 0 Å². The predicted octanol–water partition coefficient (Wildman–Crippen LogP) is 2.82. The van der Waals surface area contributed by atoms with Crippen molar-refractivity contribution in [2.45, 2.75) is 12.6 Å². The lowest BCUT2D eigenvalue weighted by Crippen LogP contribution is -2.44. The number of nitrogens with one attached hydrogen (secondary N) is 2. The van der Waals surface area contributed by atoms with Crippen molar-refractivity contribution in [3.05, 3.63) is 60.7 Å². The van der Waals surface area contributed by atoms with Gasteiger partial charge >= 0.3 is 0 Å². The summed E-state index contributed by atoms with van der Waals surface area (Å²) >= 11 is 0. The number of pyridine rings is 1. The standard InChI is InChI=1S/C21H22N6O/c1-2-4-15(5-3-1)12-27-8-9-28-16(13-27)10-23-20-19-17-6-7-22-11-18(17)26-21(19)25-14-24-20/h1-7,11,14,16H,8-10,12-13H2,(H2,23,24,25,26). The molecule has 0 bridgehead atoms. The van der Waals surface area contributed by atoms with E-state index < -0.39 is 0 Å². The first-order valence-corrected chi connectivity index (χ1v) is 9.55. The molecule has 2 N–H and O–H groups in total. The molecule has 1 aliphatic heterocycles. The Morgan fingerprint density at radius 1 is 1.18 bits per heavy atom. The van der Waals surface area contributed by atoms with Crippen molar-refractivity contribution < 1.29 is 4.74 Å². The minimum atomic E-state index is 0.120. The summed E-state index contributed by atoms with van der Waals surface area (Å²) < 4.78 is 5.98. The molecule has 0 amide bonds. The molecule has 1 aliphatic rings. The Morgan fingerprint density at radius 3 is 3.04 bits per heavy atom. The van der Waals surface area contributed by atoms with Gasteiger partial charge in [-0.2, -0.15) is 0 Å². The Balaban J connectivity index is 1.29. The summed E-state index contributed by atoms with van der Waals surface area (Å²) in [7, 11) is 0. The minimum Gasteiger partial charge on any atom is -0.374 e. The maximum Gasteiger partial charge on any atom is 0.143 e. The number of hydrogen-bond donors (Lipinski definition) is 2. The van der Waals surface area contributed by atoms with Gasteiger partial charge in [0.05, 0.1) is 29.8 Å². The summed E-state index contributed by atoms with van der Waals surface area (Å²) in [5, 5.41) is 5.55. The van der Waals surface area contributed by atoms with Crippen LogP contribution in [-0.2, 0) is 11.3 Å². The Hall–Kier alpha value is -3.03. The molecule has 7 heteroatoms. The van der Waals surface area contributed by atoms with E-state index in [1.54, 1.807) is 12.5 Å². The van der Waals surface area contributed by atoms with Crippen LogP contribution in [0.1, 0.15) is 5.56 Å². The zero-order valence-corrected chi connectivity index (χ0v) is 15.5. The molecular formula is C21H22N6O. The van der Waals surface area contributed by atoms with E-state index in [-0.39, 0.29) is 6.10 Å². The van der Waals surface area contributed by atoms with Gasteiger partial charge in [0, 0.05) is 37.8 Å². The van der Waals surface area contributed by atoms with Crippen LogP contribution in [0.5, 0.6) is 0 Å². The largest absolute Gasteiger partial charge is 0.374 e. The maximum absolute atomic E-state index is 5.98. The van der Waals surface area contributed by atoms with Gasteiger partial charge in [-0.05, 0) is 11.6 Å². The van der Waals surface area contributed by atoms with Crippen LogP contribution in [0.4, 0.5) is 5.82 Å². The van der Waals surface area contributed by atoms with Gasteiger partial charge in [0.2, 0.25) is 0 Å². The number of anilines is 1. The number of morpholine rings is 1. The molecular weight excluding hydrogens is 352 g/mol. The van der Waals surface area contributed by atoms with E-state index in [1.165, 1.54) is 5.56 Å². The molecule has 1 fully saturated rings. The van der Waals surface area contributed by atoms with Crippen LogP contribution >= 0.6 is 0 Å². The molecule has 7 nitrogen and oxygen atoms in total. The molecule has 1 saturated heterocycles. The van der Waals surface area contributed by atoms with Crippen molar-refractivity contribution >= 4 is 27.8 Å². The van der Waals surface area contributed by atoms with Crippen molar-refractivity contribution in [1.29, 1.82) is 0 Å². The van der Waals surface area contributed by atoms with Gasteiger partial charge in [0.1, 0.15) is 17.8 Å². The number of aromatic amines is 1. The highest BCUT2D eigenvalue weighted by Gasteiger charge is 2.21. The summed E-state index contributed by atoms with van der Waals surface area (Å²) in [5.41, 5.74) is 3.11. The Morgan fingerprint density at radius 2 is 2.11 bits per heavy atom. The van der Waals surface area contributed by atoms with Crippen molar-refractivity contribution in [2.24, 2.45) is 0 Å². The fourth-order valence-corrected chi connectivity index (χ4v) is 3.81. The molecule has 0 aliphatic carbocycles. The van der Waals surface area contributed by atoms with Crippen molar-refractivity contribution in [1.82, 2.24) is 24.8 Å². The van der Waals surface area contributed by atoms with E-state index >= 15 is 0 Å². The second kappa shape index (κ2) is 7.53. The highest BCUT2D eigenvalue weighted by molar-refractivity contribution is 6.10.